The standard InChI is InChI=1S/C14H7BrClF3O/c15-11-7-3-5-9(12(11)16)13(20)8-4-1-2-6-10(8)14(17,18)19/h1-7H. The van der Waals surface area contributed by atoms with E-state index in [1.807, 2.05) is 0 Å². The molecule has 0 spiro atoms. The maximum absolute atomic E-state index is 12.9. The first kappa shape index (κ1) is 15.1. The van der Waals surface area contributed by atoms with E-state index in [1.54, 1.807) is 12.1 Å². The summed E-state index contributed by atoms with van der Waals surface area (Å²) in [5.41, 5.74) is -1.36. The largest absolute Gasteiger partial charge is 0.417 e. The normalized spacial score (nSPS) is 11.4. The van der Waals surface area contributed by atoms with Crippen molar-refractivity contribution in [1.82, 2.24) is 0 Å². The van der Waals surface area contributed by atoms with Crippen molar-refractivity contribution in [3.8, 4) is 0 Å². The second-order valence-electron chi connectivity index (χ2n) is 3.97. The molecule has 0 radical (unpaired) electrons. The fraction of sp³-hybridized carbons (Fsp3) is 0.0714. The van der Waals surface area contributed by atoms with Crippen LogP contribution in [0.2, 0.25) is 5.02 Å². The molecule has 0 aromatic heterocycles. The Hall–Kier alpha value is -1.33. The van der Waals surface area contributed by atoms with Gasteiger partial charge in [0.05, 0.1) is 10.6 Å². The third kappa shape index (κ3) is 2.88. The van der Waals surface area contributed by atoms with Crippen molar-refractivity contribution >= 4 is 33.3 Å². The van der Waals surface area contributed by atoms with E-state index in [2.05, 4.69) is 15.9 Å². The van der Waals surface area contributed by atoms with Gasteiger partial charge in [-0.05, 0) is 34.1 Å². The summed E-state index contributed by atoms with van der Waals surface area (Å²) in [6.45, 7) is 0. The summed E-state index contributed by atoms with van der Waals surface area (Å²) in [5, 5.41) is 0.0921. The topological polar surface area (TPSA) is 17.1 Å². The Morgan fingerprint density at radius 3 is 2.25 bits per heavy atom. The quantitative estimate of drug-likeness (QED) is 0.657. The van der Waals surface area contributed by atoms with Crippen LogP contribution in [0.15, 0.2) is 46.9 Å². The molecular formula is C14H7BrClF3O. The highest BCUT2D eigenvalue weighted by Gasteiger charge is 2.35. The summed E-state index contributed by atoms with van der Waals surface area (Å²) >= 11 is 9.09. The average molecular weight is 364 g/mol. The average Bonchev–Trinajstić information content (AvgIpc) is 2.40. The van der Waals surface area contributed by atoms with Gasteiger partial charge in [0.25, 0.3) is 0 Å². The Morgan fingerprint density at radius 1 is 1.00 bits per heavy atom. The molecule has 1 nitrogen and oxygen atoms in total. The highest BCUT2D eigenvalue weighted by molar-refractivity contribution is 9.10. The maximum Gasteiger partial charge on any atom is 0.417 e. The number of hydrogen-bond donors (Lipinski definition) is 0. The molecule has 0 aliphatic heterocycles. The monoisotopic (exact) mass is 362 g/mol. The van der Waals surface area contributed by atoms with E-state index < -0.39 is 23.1 Å². The van der Waals surface area contributed by atoms with Crippen LogP contribution in [0.3, 0.4) is 0 Å². The second kappa shape index (κ2) is 5.58. The predicted octanol–water partition coefficient (Wildman–Crippen LogP) is 5.35. The van der Waals surface area contributed by atoms with Gasteiger partial charge in [-0.2, -0.15) is 13.2 Å². The second-order valence-corrected chi connectivity index (χ2v) is 5.21. The molecule has 0 saturated carbocycles. The molecule has 6 heteroatoms. The molecule has 2 aromatic carbocycles. The zero-order chi connectivity index (χ0) is 14.9. The first-order valence-electron chi connectivity index (χ1n) is 5.47. The molecule has 0 heterocycles. The van der Waals surface area contributed by atoms with Gasteiger partial charge in [-0.25, -0.2) is 0 Å². The number of rotatable bonds is 2. The summed E-state index contributed by atoms with van der Waals surface area (Å²) in [5.74, 6) is -0.760. The molecule has 2 aromatic rings. The van der Waals surface area contributed by atoms with E-state index in [4.69, 9.17) is 11.6 Å². The minimum atomic E-state index is -4.59. The zero-order valence-electron chi connectivity index (χ0n) is 9.84. The Bertz CT molecular complexity index is 668. The van der Waals surface area contributed by atoms with Gasteiger partial charge in [0.1, 0.15) is 0 Å². The van der Waals surface area contributed by atoms with Crippen molar-refractivity contribution in [2.24, 2.45) is 0 Å². The fourth-order valence-corrected chi connectivity index (χ4v) is 2.33. The van der Waals surface area contributed by atoms with Crippen LogP contribution in [0.4, 0.5) is 13.2 Å². The molecule has 2 rings (SSSR count). The van der Waals surface area contributed by atoms with Crippen molar-refractivity contribution in [3.63, 3.8) is 0 Å². The van der Waals surface area contributed by atoms with Crippen LogP contribution < -0.4 is 0 Å². The van der Waals surface area contributed by atoms with Gasteiger partial charge < -0.3 is 0 Å². The molecule has 0 fully saturated rings. The Morgan fingerprint density at radius 2 is 1.60 bits per heavy atom. The molecule has 0 aliphatic rings. The van der Waals surface area contributed by atoms with Crippen LogP contribution in [0, 0.1) is 0 Å². The highest BCUT2D eigenvalue weighted by atomic mass is 79.9. The maximum atomic E-state index is 12.9. The van der Waals surface area contributed by atoms with Crippen molar-refractivity contribution in [1.29, 1.82) is 0 Å². The van der Waals surface area contributed by atoms with E-state index >= 15 is 0 Å². The van der Waals surface area contributed by atoms with Crippen molar-refractivity contribution in [2.75, 3.05) is 0 Å². The third-order valence-electron chi connectivity index (χ3n) is 2.67. The SMILES string of the molecule is O=C(c1ccccc1C(F)(F)F)c1cccc(Br)c1Cl. The smallest absolute Gasteiger partial charge is 0.289 e. The highest BCUT2D eigenvalue weighted by Crippen LogP contribution is 2.34. The van der Waals surface area contributed by atoms with Crippen LogP contribution in [0.1, 0.15) is 21.5 Å². The van der Waals surface area contributed by atoms with E-state index in [0.717, 1.165) is 12.1 Å². The number of carbonyl (C=O) groups is 1. The van der Waals surface area contributed by atoms with Crippen LogP contribution in [-0.4, -0.2) is 5.78 Å². The summed E-state index contributed by atoms with van der Waals surface area (Å²) in [4.78, 5) is 12.3. The van der Waals surface area contributed by atoms with Gasteiger partial charge >= 0.3 is 6.18 Å². The molecule has 0 N–H and O–H groups in total. The summed E-state index contributed by atoms with van der Waals surface area (Å²) in [6, 6.07) is 9.18. The number of halogens is 5. The summed E-state index contributed by atoms with van der Waals surface area (Å²) in [6.07, 6.45) is -4.59. The zero-order valence-corrected chi connectivity index (χ0v) is 12.2. The molecular weight excluding hydrogens is 357 g/mol. The van der Waals surface area contributed by atoms with Crippen molar-refractivity contribution < 1.29 is 18.0 Å². The summed E-state index contributed by atoms with van der Waals surface area (Å²) < 4.78 is 39.2. The lowest BCUT2D eigenvalue weighted by molar-refractivity contribution is -0.137. The number of ketones is 1. The number of benzene rings is 2. The van der Waals surface area contributed by atoms with Gasteiger partial charge in [-0.1, -0.05) is 35.9 Å². The molecule has 0 bridgehead atoms. The number of alkyl halides is 3. The van der Waals surface area contributed by atoms with Crippen LogP contribution in [0.25, 0.3) is 0 Å². The Balaban J connectivity index is 2.58. The predicted molar refractivity (Wildman–Crippen MR) is 74.0 cm³/mol. The van der Waals surface area contributed by atoms with E-state index in [9.17, 15) is 18.0 Å². The van der Waals surface area contributed by atoms with Crippen LogP contribution in [-0.2, 0) is 6.18 Å². The molecule has 0 saturated heterocycles. The van der Waals surface area contributed by atoms with Gasteiger partial charge in [0.2, 0.25) is 0 Å². The Labute approximate surface area is 126 Å². The van der Waals surface area contributed by atoms with Crippen molar-refractivity contribution in [2.45, 2.75) is 6.18 Å². The molecule has 0 atom stereocenters. The minimum absolute atomic E-state index is 0.0257. The van der Waals surface area contributed by atoms with E-state index in [-0.39, 0.29) is 10.6 Å². The molecule has 0 unspecified atom stereocenters. The molecule has 0 aliphatic carbocycles. The van der Waals surface area contributed by atoms with Gasteiger partial charge in [0.15, 0.2) is 5.78 Å². The van der Waals surface area contributed by atoms with Gasteiger partial charge in [0, 0.05) is 15.6 Å². The molecule has 20 heavy (non-hydrogen) atoms. The molecule has 0 amide bonds. The van der Waals surface area contributed by atoms with Gasteiger partial charge in [-0.15, -0.1) is 0 Å². The fourth-order valence-electron chi connectivity index (χ4n) is 1.75. The lowest BCUT2D eigenvalue weighted by Gasteiger charge is -2.12. The lowest BCUT2D eigenvalue weighted by Crippen LogP contribution is -2.14. The summed E-state index contributed by atoms with van der Waals surface area (Å²) in [7, 11) is 0. The minimum Gasteiger partial charge on any atom is -0.289 e. The van der Waals surface area contributed by atoms with Gasteiger partial charge in [-0.3, -0.25) is 4.79 Å². The Kier molecular flexibility index (Phi) is 4.20. The lowest BCUT2D eigenvalue weighted by atomic mass is 9.98. The first-order chi connectivity index (χ1) is 9.32. The van der Waals surface area contributed by atoms with Crippen molar-refractivity contribution in [3.05, 3.63) is 68.7 Å². The van der Waals surface area contributed by atoms with Crippen LogP contribution in [0.5, 0.6) is 0 Å². The van der Waals surface area contributed by atoms with Crippen LogP contribution >= 0.6 is 27.5 Å². The van der Waals surface area contributed by atoms with E-state index in [1.165, 1.54) is 18.2 Å². The number of carbonyl (C=O) groups excluding carboxylic acids is 1. The van der Waals surface area contributed by atoms with E-state index in [0.29, 0.717) is 4.47 Å². The molecule has 104 valence electrons. The first-order valence-corrected chi connectivity index (χ1v) is 6.64. The third-order valence-corrected chi connectivity index (χ3v) is 3.97. The number of hydrogen-bond acceptors (Lipinski definition) is 1.